The molecule has 1 N–H and O–H groups in total. The van der Waals surface area contributed by atoms with Crippen molar-refractivity contribution in [3.05, 3.63) is 46.5 Å². The predicted octanol–water partition coefficient (Wildman–Crippen LogP) is 2.16. The Morgan fingerprint density at radius 3 is 2.75 bits per heavy atom. The van der Waals surface area contributed by atoms with E-state index >= 15 is 0 Å². The molecule has 16 heavy (non-hydrogen) atoms. The molecule has 0 aromatic heterocycles. The highest BCUT2D eigenvalue weighted by molar-refractivity contribution is 5.90. The maximum absolute atomic E-state index is 10.1. The summed E-state index contributed by atoms with van der Waals surface area (Å²) in [6.07, 6.45) is 0. The third kappa shape index (κ3) is 1.88. The van der Waals surface area contributed by atoms with Crippen molar-refractivity contribution in [3.8, 4) is 11.5 Å². The van der Waals surface area contributed by atoms with Gasteiger partial charge in [0.1, 0.15) is 0 Å². The van der Waals surface area contributed by atoms with Gasteiger partial charge in [-0.25, -0.2) is 0 Å². The molecule has 5 heteroatoms. The van der Waals surface area contributed by atoms with Gasteiger partial charge in [-0.1, -0.05) is 30.3 Å². The van der Waals surface area contributed by atoms with E-state index in [1.165, 1.54) is 6.07 Å². The quantitative estimate of drug-likeness (QED) is 0.487. The Kier molecular flexibility index (Phi) is 2.59. The van der Waals surface area contributed by atoms with Gasteiger partial charge in [0.15, 0.2) is 11.5 Å². The second-order valence-corrected chi connectivity index (χ2v) is 3.24. The molecule has 2 rings (SSSR count). The fourth-order valence-corrected chi connectivity index (χ4v) is 1.47. The lowest BCUT2D eigenvalue weighted by Gasteiger charge is -2.06. The van der Waals surface area contributed by atoms with Gasteiger partial charge in [-0.15, -0.1) is 0 Å². The minimum absolute atomic E-state index is 0.0695. The average molecular weight is 219 g/mol. The molecule has 0 spiro atoms. The zero-order valence-corrected chi connectivity index (χ0v) is 8.29. The topological polar surface area (TPSA) is 72.6 Å². The third-order valence-corrected chi connectivity index (χ3v) is 2.19. The molecular weight excluding hydrogens is 210 g/mol. The van der Waals surface area contributed by atoms with E-state index in [0.29, 0.717) is 5.39 Å². The van der Waals surface area contributed by atoms with Crippen LogP contribution >= 0.6 is 0 Å². The number of hydrogen-bond donors (Lipinski definition) is 1. The second-order valence-electron chi connectivity index (χ2n) is 3.24. The molecule has 0 aliphatic rings. The van der Waals surface area contributed by atoms with E-state index in [2.05, 4.69) is 0 Å². The normalized spacial score (nSPS) is 10.2. The van der Waals surface area contributed by atoms with Gasteiger partial charge in [0.2, 0.25) is 0 Å². The zero-order valence-electron chi connectivity index (χ0n) is 8.29. The van der Waals surface area contributed by atoms with Crippen molar-refractivity contribution in [1.82, 2.24) is 0 Å². The number of hydrogen-bond acceptors (Lipinski definition) is 4. The van der Waals surface area contributed by atoms with Crippen molar-refractivity contribution in [2.45, 2.75) is 0 Å². The van der Waals surface area contributed by atoms with E-state index in [9.17, 15) is 15.2 Å². The summed E-state index contributed by atoms with van der Waals surface area (Å²) in [7, 11) is 0. The maximum Gasteiger partial charge on any atom is 0.344 e. The highest BCUT2D eigenvalue weighted by Crippen LogP contribution is 2.34. The molecule has 0 fully saturated rings. The summed E-state index contributed by atoms with van der Waals surface area (Å²) in [4.78, 5) is 9.54. The number of benzene rings is 2. The van der Waals surface area contributed by atoms with Gasteiger partial charge >= 0.3 is 6.73 Å². The van der Waals surface area contributed by atoms with Gasteiger partial charge in [-0.3, -0.25) is 10.1 Å². The van der Waals surface area contributed by atoms with Crippen LogP contribution in [0.2, 0.25) is 0 Å². The van der Waals surface area contributed by atoms with Crippen LogP contribution in [0, 0.1) is 10.1 Å². The Balaban J connectivity index is 2.40. The third-order valence-electron chi connectivity index (χ3n) is 2.19. The first kappa shape index (κ1) is 10.2. The number of nitrogens with zero attached hydrogens (tertiary/aromatic N) is 1. The van der Waals surface area contributed by atoms with Crippen LogP contribution < -0.4 is 4.74 Å². The van der Waals surface area contributed by atoms with Crippen LogP contribution in [0.5, 0.6) is 11.5 Å². The average Bonchev–Trinajstić information content (AvgIpc) is 2.28. The van der Waals surface area contributed by atoms with Crippen LogP contribution in [0.25, 0.3) is 10.8 Å². The summed E-state index contributed by atoms with van der Waals surface area (Å²) >= 11 is 0. The molecule has 2 aromatic carbocycles. The first-order valence-electron chi connectivity index (χ1n) is 4.64. The highest BCUT2D eigenvalue weighted by Gasteiger charge is 2.08. The molecule has 0 atom stereocenters. The first-order valence-corrected chi connectivity index (χ1v) is 4.64. The standard InChI is InChI=1S/C11H9NO4/c13-11-9-4-2-1-3-8(9)5-6-10(11)16-7-12(14)15/h1-6,13H,7H2. The van der Waals surface area contributed by atoms with Crippen molar-refractivity contribution in [2.24, 2.45) is 0 Å². The van der Waals surface area contributed by atoms with Gasteiger partial charge in [-0.2, -0.15) is 0 Å². The summed E-state index contributed by atoms with van der Waals surface area (Å²) in [6, 6.07) is 10.4. The van der Waals surface area contributed by atoms with E-state index < -0.39 is 11.7 Å². The SMILES string of the molecule is O=[N+]([O-])COc1ccc2ccccc2c1O. The van der Waals surface area contributed by atoms with Crippen molar-refractivity contribution in [2.75, 3.05) is 6.73 Å². The highest BCUT2D eigenvalue weighted by atomic mass is 16.7. The molecule has 0 aliphatic carbocycles. The molecule has 0 unspecified atom stereocenters. The van der Waals surface area contributed by atoms with E-state index in [-0.39, 0.29) is 11.5 Å². The number of phenolic OH excluding ortho intramolecular Hbond substituents is 1. The monoisotopic (exact) mass is 219 g/mol. The van der Waals surface area contributed by atoms with E-state index in [4.69, 9.17) is 4.74 Å². The van der Waals surface area contributed by atoms with Crippen LogP contribution in [0.1, 0.15) is 0 Å². The lowest BCUT2D eigenvalue weighted by molar-refractivity contribution is -0.514. The molecular formula is C11H9NO4. The van der Waals surface area contributed by atoms with Crippen molar-refractivity contribution < 1.29 is 14.8 Å². The van der Waals surface area contributed by atoms with Crippen molar-refractivity contribution in [1.29, 1.82) is 0 Å². The van der Waals surface area contributed by atoms with Crippen LogP contribution in [-0.2, 0) is 0 Å². The number of fused-ring (bicyclic) bond motifs is 1. The molecule has 0 saturated heterocycles. The van der Waals surface area contributed by atoms with Crippen LogP contribution in [0.15, 0.2) is 36.4 Å². The van der Waals surface area contributed by atoms with Gasteiger partial charge in [0, 0.05) is 5.39 Å². The molecule has 0 radical (unpaired) electrons. The molecule has 0 bridgehead atoms. The largest absolute Gasteiger partial charge is 0.504 e. The van der Waals surface area contributed by atoms with Crippen LogP contribution in [0.3, 0.4) is 0 Å². The van der Waals surface area contributed by atoms with Gasteiger partial charge in [0.25, 0.3) is 0 Å². The van der Waals surface area contributed by atoms with E-state index in [1.807, 2.05) is 12.1 Å². The number of phenols is 1. The van der Waals surface area contributed by atoms with Crippen LogP contribution in [-0.4, -0.2) is 16.8 Å². The molecule has 0 amide bonds. The zero-order chi connectivity index (χ0) is 11.5. The molecule has 0 heterocycles. The smallest absolute Gasteiger partial charge is 0.344 e. The van der Waals surface area contributed by atoms with Crippen molar-refractivity contribution >= 4 is 10.8 Å². The fourth-order valence-electron chi connectivity index (χ4n) is 1.47. The minimum atomic E-state index is -0.661. The number of aromatic hydroxyl groups is 1. The van der Waals surface area contributed by atoms with Gasteiger partial charge in [-0.05, 0) is 11.5 Å². The summed E-state index contributed by atoms with van der Waals surface area (Å²) in [5.41, 5.74) is 0. The van der Waals surface area contributed by atoms with Gasteiger partial charge < -0.3 is 9.84 Å². The summed E-state index contributed by atoms with van der Waals surface area (Å²) in [5, 5.41) is 21.4. The Bertz CT molecular complexity index is 538. The fraction of sp³-hybridized carbons (Fsp3) is 0.0909. The molecule has 82 valence electrons. The minimum Gasteiger partial charge on any atom is -0.504 e. The Morgan fingerprint density at radius 2 is 2.00 bits per heavy atom. The molecule has 0 saturated carbocycles. The van der Waals surface area contributed by atoms with Crippen LogP contribution in [0.4, 0.5) is 0 Å². The Hall–Kier alpha value is -2.30. The molecule has 2 aromatic rings. The Morgan fingerprint density at radius 1 is 1.25 bits per heavy atom. The second kappa shape index (κ2) is 4.06. The number of nitro groups is 1. The summed E-state index contributed by atoms with van der Waals surface area (Å²) < 4.78 is 4.86. The maximum atomic E-state index is 10.1. The van der Waals surface area contributed by atoms with E-state index in [1.54, 1.807) is 18.2 Å². The molecule has 5 nitrogen and oxygen atoms in total. The van der Waals surface area contributed by atoms with Crippen molar-refractivity contribution in [3.63, 3.8) is 0 Å². The Labute approximate surface area is 91.0 Å². The summed E-state index contributed by atoms with van der Waals surface area (Å²) in [5.74, 6) is 0.0513. The lowest BCUT2D eigenvalue weighted by atomic mass is 10.1. The van der Waals surface area contributed by atoms with E-state index in [0.717, 1.165) is 5.39 Å². The first-order chi connectivity index (χ1) is 7.68. The summed E-state index contributed by atoms with van der Waals surface area (Å²) in [6.45, 7) is -0.661. The molecule has 0 aliphatic heterocycles. The predicted molar refractivity (Wildman–Crippen MR) is 58.1 cm³/mol. The number of ether oxygens (including phenoxy) is 1. The number of rotatable bonds is 3. The van der Waals surface area contributed by atoms with Gasteiger partial charge in [0.05, 0.1) is 4.92 Å². The lowest BCUT2D eigenvalue weighted by Crippen LogP contribution is -2.08.